The molecule has 3 aromatic rings. The zero-order valence-electron chi connectivity index (χ0n) is 30.2. The van der Waals surface area contributed by atoms with Gasteiger partial charge in [-0.3, -0.25) is 4.79 Å². The molecule has 2 aromatic carbocycles. The molecule has 11 nitrogen and oxygen atoms in total. The highest BCUT2D eigenvalue weighted by Gasteiger charge is 2.25. The molecule has 1 heterocycles. The van der Waals surface area contributed by atoms with Crippen molar-refractivity contribution in [2.45, 2.75) is 47.1 Å². The van der Waals surface area contributed by atoms with Crippen molar-refractivity contribution >= 4 is 38.6 Å². The Kier molecular flexibility index (Phi) is 13.9. The lowest BCUT2D eigenvalue weighted by Gasteiger charge is -2.24. The third kappa shape index (κ3) is 10.5. The van der Waals surface area contributed by atoms with E-state index in [1.54, 1.807) is 49.9 Å². The third-order valence-electron chi connectivity index (χ3n) is 8.38. The van der Waals surface area contributed by atoms with Crippen molar-refractivity contribution < 1.29 is 28.1 Å². The number of nitrogens with two attached hydrogens (primary N) is 1. The standard InChI is InChI=1S/C39H48N6O5S/c1-8-10-19-36(28(5)9-2)51(47,48)44-38(46)30-15-11-12-16-31(24-30)39-41-37(43-50-39)29-20-21-35(45(6)23-22-27(3)4)34(25-29)40-26-32-17-13-14-18-33(32)42-49-7/h8,10-21,24-25,27,30,40,42H,1,9,22-23,26H2,2-7H3,(H,44,46)/p+1/b19-10-,36-28+. The minimum absolute atomic E-state index is 0.0308. The number of quaternary nitrogens is 1. The van der Waals surface area contributed by atoms with Crippen LogP contribution in [0.15, 0.2) is 113 Å². The van der Waals surface area contributed by atoms with Crippen LogP contribution in [0.2, 0.25) is 0 Å². The van der Waals surface area contributed by atoms with Gasteiger partial charge in [0.1, 0.15) is 0 Å². The van der Waals surface area contributed by atoms with Crippen molar-refractivity contribution in [3.8, 4) is 11.4 Å². The van der Waals surface area contributed by atoms with Gasteiger partial charge in [0.05, 0.1) is 29.3 Å². The number of nitrogens with zero attached hydrogens (tertiary/aromatic N) is 3. The molecule has 1 unspecified atom stereocenters. The molecule has 4 rings (SSSR count). The number of nitrogens with one attached hydrogen (secondary N) is 2. The van der Waals surface area contributed by atoms with Crippen molar-refractivity contribution in [1.29, 1.82) is 0 Å². The molecule has 0 fully saturated rings. The molecule has 270 valence electrons. The Hall–Kier alpha value is -5.04. The van der Waals surface area contributed by atoms with E-state index in [4.69, 9.17) is 9.36 Å². The monoisotopic (exact) mass is 713 g/mol. The number of aromatic nitrogens is 2. The molecule has 0 radical (unpaired) electrons. The van der Waals surface area contributed by atoms with Gasteiger partial charge in [0.25, 0.3) is 15.9 Å². The number of amides is 1. The number of rotatable bonds is 17. The summed E-state index contributed by atoms with van der Waals surface area (Å²) in [4.78, 5) is 25.6. The fourth-order valence-electron chi connectivity index (χ4n) is 5.31. The van der Waals surface area contributed by atoms with Gasteiger partial charge in [-0.15, -0.1) is 0 Å². The van der Waals surface area contributed by atoms with Crippen LogP contribution in [-0.4, -0.2) is 45.2 Å². The van der Waals surface area contributed by atoms with Crippen LogP contribution in [0.25, 0.3) is 17.0 Å². The zero-order valence-corrected chi connectivity index (χ0v) is 31.0. The van der Waals surface area contributed by atoms with E-state index in [9.17, 15) is 13.2 Å². The van der Waals surface area contributed by atoms with Crippen LogP contribution < -0.4 is 20.4 Å². The first-order valence-electron chi connectivity index (χ1n) is 17.0. The molecular formula is C39H49N6O5S+. The van der Waals surface area contributed by atoms with Crippen LogP contribution in [-0.2, 0) is 26.2 Å². The Balaban J connectivity index is 1.61. The van der Waals surface area contributed by atoms with Crippen LogP contribution in [0.5, 0.6) is 0 Å². The van der Waals surface area contributed by atoms with Gasteiger partial charge in [-0.05, 0) is 56.0 Å². The fraction of sp³-hybridized carbons (Fsp3) is 0.308. The van der Waals surface area contributed by atoms with E-state index in [2.05, 4.69) is 58.6 Å². The van der Waals surface area contributed by atoms with Crippen molar-refractivity contribution in [3.63, 3.8) is 0 Å². The first-order valence-corrected chi connectivity index (χ1v) is 18.4. The van der Waals surface area contributed by atoms with Crippen molar-refractivity contribution in [1.82, 2.24) is 14.9 Å². The van der Waals surface area contributed by atoms with Crippen molar-refractivity contribution in [2.75, 3.05) is 30.9 Å². The predicted octanol–water partition coefficient (Wildman–Crippen LogP) is 6.59. The summed E-state index contributed by atoms with van der Waals surface area (Å²) in [5.41, 5.74) is 7.57. The smallest absolute Gasteiger partial charge is 0.264 e. The number of sulfonamides is 1. The molecule has 1 aliphatic carbocycles. The largest absolute Gasteiger partial charge is 0.379 e. The summed E-state index contributed by atoms with van der Waals surface area (Å²) in [5.74, 6) is -0.501. The second kappa shape index (κ2) is 18.3. The van der Waals surface area contributed by atoms with E-state index in [0.29, 0.717) is 35.9 Å². The highest BCUT2D eigenvalue weighted by Crippen LogP contribution is 2.32. The molecule has 0 aliphatic heterocycles. The van der Waals surface area contributed by atoms with Crippen LogP contribution in [0.4, 0.5) is 17.1 Å². The second-order valence-electron chi connectivity index (χ2n) is 12.6. The average Bonchev–Trinajstić information content (AvgIpc) is 3.47. The Morgan fingerprint density at radius 3 is 2.71 bits per heavy atom. The lowest BCUT2D eigenvalue weighted by atomic mass is 10.1. The number of carbonyl (C=O) groups is 1. The molecule has 4 N–H and O–H groups in total. The first kappa shape index (κ1) is 38.8. The van der Waals surface area contributed by atoms with Gasteiger partial charge >= 0.3 is 0 Å². The van der Waals surface area contributed by atoms with Gasteiger partial charge in [-0.25, -0.2) is 18.0 Å². The quantitative estimate of drug-likeness (QED) is 0.0803. The lowest BCUT2D eigenvalue weighted by Crippen LogP contribution is -2.76. The van der Waals surface area contributed by atoms with Crippen molar-refractivity contribution in [3.05, 3.63) is 120 Å². The summed E-state index contributed by atoms with van der Waals surface area (Å²) in [5, 5.41) is 7.88. The highest BCUT2D eigenvalue weighted by molar-refractivity contribution is 7.94. The molecule has 0 saturated heterocycles. The summed E-state index contributed by atoms with van der Waals surface area (Å²) in [7, 11) is -0.419. The Bertz CT molecular complexity index is 1950. The van der Waals surface area contributed by atoms with Gasteiger partial charge in [-0.2, -0.15) is 10.5 Å². The number of carbonyl (C=O) groups excluding carboxylic acids is 1. The van der Waals surface area contributed by atoms with Crippen LogP contribution >= 0.6 is 0 Å². The maximum atomic E-state index is 13.3. The molecule has 1 aliphatic rings. The number of allylic oxidation sites excluding steroid dienone is 8. The average molecular weight is 714 g/mol. The van der Waals surface area contributed by atoms with E-state index in [0.717, 1.165) is 41.2 Å². The minimum Gasteiger partial charge on any atom is -0.379 e. The number of benzene rings is 2. The SMILES string of the molecule is C=C/C=C\C(=C(\C)CC)S(=O)(=O)NC(=O)C1C=CC=CC(c2nc(-c3ccc(N(C)CCC(C)C)c(NCc4ccccc4[NH2+]OC)c3)no2)=C1. The topological polar surface area (TPSA) is 143 Å². The van der Waals surface area contributed by atoms with Gasteiger partial charge in [0, 0.05) is 42.9 Å². The van der Waals surface area contributed by atoms with E-state index in [1.165, 1.54) is 18.2 Å². The zero-order chi connectivity index (χ0) is 37.0. The number of anilines is 2. The summed E-state index contributed by atoms with van der Waals surface area (Å²) in [6.07, 6.45) is 14.3. The Morgan fingerprint density at radius 1 is 1.20 bits per heavy atom. The van der Waals surface area contributed by atoms with Gasteiger partial charge in [-0.1, -0.05) is 92.7 Å². The first-order chi connectivity index (χ1) is 24.5. The van der Waals surface area contributed by atoms with Crippen LogP contribution in [0.1, 0.15) is 52.0 Å². The maximum Gasteiger partial charge on any atom is 0.264 e. The van der Waals surface area contributed by atoms with Gasteiger partial charge < -0.3 is 14.7 Å². The lowest BCUT2D eigenvalue weighted by molar-refractivity contribution is -0.830. The number of hydrogen-bond donors (Lipinski definition) is 3. The summed E-state index contributed by atoms with van der Waals surface area (Å²) < 4.78 is 34.4. The summed E-state index contributed by atoms with van der Waals surface area (Å²) in [6.45, 7) is 13.0. The van der Waals surface area contributed by atoms with E-state index < -0.39 is 21.8 Å². The second-order valence-corrected chi connectivity index (χ2v) is 14.3. The molecule has 1 aromatic heterocycles. The third-order valence-corrected chi connectivity index (χ3v) is 9.91. The predicted molar refractivity (Wildman–Crippen MR) is 204 cm³/mol. The molecule has 0 bridgehead atoms. The van der Waals surface area contributed by atoms with E-state index in [-0.39, 0.29) is 10.8 Å². The highest BCUT2D eigenvalue weighted by atomic mass is 32.2. The molecule has 1 atom stereocenters. The summed E-state index contributed by atoms with van der Waals surface area (Å²) in [6, 6.07) is 14.0. The van der Waals surface area contributed by atoms with Crippen LogP contribution in [0.3, 0.4) is 0 Å². The molecule has 1 amide bonds. The molecule has 51 heavy (non-hydrogen) atoms. The molecule has 12 heteroatoms. The Labute approximate surface area is 301 Å². The summed E-state index contributed by atoms with van der Waals surface area (Å²) >= 11 is 0. The normalized spacial score (nSPS) is 15.0. The van der Waals surface area contributed by atoms with E-state index >= 15 is 0 Å². The minimum atomic E-state index is -4.14. The maximum absolute atomic E-state index is 13.3. The number of hydrogen-bond acceptors (Lipinski definition) is 9. The Morgan fingerprint density at radius 2 is 1.98 bits per heavy atom. The molecule has 0 spiro atoms. The molecular weight excluding hydrogens is 665 g/mol. The van der Waals surface area contributed by atoms with Gasteiger partial charge in [0.15, 0.2) is 5.69 Å². The van der Waals surface area contributed by atoms with Crippen LogP contribution in [0, 0.1) is 11.8 Å². The van der Waals surface area contributed by atoms with Gasteiger partial charge in [0.2, 0.25) is 11.7 Å². The van der Waals surface area contributed by atoms with Crippen molar-refractivity contribution in [2.24, 2.45) is 11.8 Å². The molecule has 0 saturated carbocycles. The fourth-order valence-corrected chi connectivity index (χ4v) is 6.68. The van der Waals surface area contributed by atoms with E-state index in [1.807, 2.05) is 43.3 Å².